The van der Waals surface area contributed by atoms with Crippen molar-refractivity contribution < 1.29 is 15.0 Å². The summed E-state index contributed by atoms with van der Waals surface area (Å²) in [6.45, 7) is 4.36. The molecule has 0 radical (unpaired) electrons. The largest absolute Gasteiger partial charge is 0.510 e. The maximum absolute atomic E-state index is 11.0. The Morgan fingerprint density at radius 3 is 2.58 bits per heavy atom. The third kappa shape index (κ3) is 2.79. The number of aliphatic carboxylic acids is 1. The first-order chi connectivity index (χ1) is 9.00. The van der Waals surface area contributed by atoms with Gasteiger partial charge < -0.3 is 10.2 Å². The summed E-state index contributed by atoms with van der Waals surface area (Å²) in [5.41, 5.74) is 1.31. The summed E-state index contributed by atoms with van der Waals surface area (Å²) in [5, 5.41) is 18.9. The minimum Gasteiger partial charge on any atom is -0.510 e. The average molecular weight is 261 g/mol. The molecule has 1 aromatic rings. The second kappa shape index (κ2) is 5.45. The molecule has 0 saturated carbocycles. The van der Waals surface area contributed by atoms with Gasteiger partial charge in [-0.05, 0) is 25.8 Å². The van der Waals surface area contributed by atoms with E-state index in [1.807, 2.05) is 37.3 Å². The normalized spacial score (nSPS) is 22.3. The molecule has 0 bridgehead atoms. The van der Waals surface area contributed by atoms with Gasteiger partial charge in [-0.2, -0.15) is 0 Å². The number of rotatable bonds is 3. The summed E-state index contributed by atoms with van der Waals surface area (Å²) in [4.78, 5) is 13.1. The van der Waals surface area contributed by atoms with Crippen LogP contribution in [0.15, 0.2) is 41.7 Å². The number of aliphatic hydroxyl groups is 1. The van der Waals surface area contributed by atoms with E-state index < -0.39 is 5.97 Å². The van der Waals surface area contributed by atoms with E-state index in [9.17, 15) is 9.90 Å². The first-order valence-corrected chi connectivity index (χ1v) is 6.45. The lowest BCUT2D eigenvalue weighted by Gasteiger charge is -2.38. The van der Waals surface area contributed by atoms with Gasteiger partial charge in [-0.15, -0.1) is 0 Å². The van der Waals surface area contributed by atoms with Crippen molar-refractivity contribution in [3.63, 3.8) is 0 Å². The number of hydrogen-bond donors (Lipinski definition) is 2. The molecule has 0 unspecified atom stereocenters. The van der Waals surface area contributed by atoms with Gasteiger partial charge in [0.1, 0.15) is 5.76 Å². The van der Waals surface area contributed by atoms with Crippen LogP contribution in [0.1, 0.15) is 31.9 Å². The molecule has 0 saturated heterocycles. The molecule has 1 aromatic carbocycles. The predicted molar refractivity (Wildman–Crippen MR) is 72.9 cm³/mol. The van der Waals surface area contributed by atoms with Crippen LogP contribution in [-0.4, -0.2) is 33.7 Å². The standard InChI is InChI=1S/C15H19NO3/c1-10-8-13(15(18)19)14(17)9-16(10)11(2)12-6-4-3-5-7-12/h3-7,10-11,17H,8-9H2,1-2H3,(H,18,19)/t10-,11+/m1/s1. The Bertz CT molecular complexity index is 495. The Hall–Kier alpha value is -1.81. The molecule has 2 rings (SSSR count). The van der Waals surface area contributed by atoms with E-state index in [2.05, 4.69) is 11.8 Å². The van der Waals surface area contributed by atoms with Crippen molar-refractivity contribution in [1.29, 1.82) is 0 Å². The van der Waals surface area contributed by atoms with Crippen molar-refractivity contribution >= 4 is 5.97 Å². The fourth-order valence-corrected chi connectivity index (χ4v) is 2.61. The van der Waals surface area contributed by atoms with Gasteiger partial charge in [0.25, 0.3) is 0 Å². The van der Waals surface area contributed by atoms with Crippen molar-refractivity contribution in [2.75, 3.05) is 6.54 Å². The molecule has 19 heavy (non-hydrogen) atoms. The van der Waals surface area contributed by atoms with Crippen LogP contribution in [0.3, 0.4) is 0 Å². The quantitative estimate of drug-likeness (QED) is 0.878. The molecule has 4 nitrogen and oxygen atoms in total. The number of hydrogen-bond acceptors (Lipinski definition) is 3. The zero-order valence-electron chi connectivity index (χ0n) is 11.2. The van der Waals surface area contributed by atoms with Crippen LogP contribution in [0.2, 0.25) is 0 Å². The second-order valence-corrected chi connectivity index (χ2v) is 5.04. The number of carbonyl (C=O) groups is 1. The summed E-state index contributed by atoms with van der Waals surface area (Å²) in [7, 11) is 0. The SMILES string of the molecule is C[C@@H]1CC(C(=O)O)=C(O)CN1[C@@H](C)c1ccccc1. The average Bonchev–Trinajstić information content (AvgIpc) is 2.41. The van der Waals surface area contributed by atoms with Gasteiger partial charge in [0, 0.05) is 12.1 Å². The second-order valence-electron chi connectivity index (χ2n) is 5.04. The minimum atomic E-state index is -1.02. The number of benzene rings is 1. The van der Waals surface area contributed by atoms with E-state index in [-0.39, 0.29) is 23.4 Å². The van der Waals surface area contributed by atoms with Crippen molar-refractivity contribution in [3.05, 3.63) is 47.2 Å². The first-order valence-electron chi connectivity index (χ1n) is 6.45. The van der Waals surface area contributed by atoms with Crippen LogP contribution < -0.4 is 0 Å². The topological polar surface area (TPSA) is 60.8 Å². The summed E-state index contributed by atoms with van der Waals surface area (Å²) in [6, 6.07) is 10.3. The van der Waals surface area contributed by atoms with Gasteiger partial charge in [-0.3, -0.25) is 4.90 Å². The van der Waals surface area contributed by atoms with Crippen molar-refractivity contribution in [3.8, 4) is 0 Å². The minimum absolute atomic E-state index is 0.0200. The number of aliphatic hydroxyl groups excluding tert-OH is 1. The highest BCUT2D eigenvalue weighted by Crippen LogP contribution is 2.30. The summed E-state index contributed by atoms with van der Waals surface area (Å²) >= 11 is 0. The highest BCUT2D eigenvalue weighted by Gasteiger charge is 2.31. The van der Waals surface area contributed by atoms with Crippen LogP contribution in [-0.2, 0) is 4.79 Å². The van der Waals surface area contributed by atoms with Crippen LogP contribution in [0, 0.1) is 0 Å². The number of carboxylic acid groups (broad SMARTS) is 1. The molecule has 0 aliphatic carbocycles. The van der Waals surface area contributed by atoms with Crippen molar-refractivity contribution in [2.24, 2.45) is 0 Å². The van der Waals surface area contributed by atoms with E-state index in [1.54, 1.807) is 0 Å². The molecule has 0 amide bonds. The van der Waals surface area contributed by atoms with Crippen LogP contribution in [0.4, 0.5) is 0 Å². The highest BCUT2D eigenvalue weighted by molar-refractivity contribution is 5.87. The van der Waals surface area contributed by atoms with E-state index in [0.717, 1.165) is 0 Å². The lowest BCUT2D eigenvalue weighted by Crippen LogP contribution is -2.41. The smallest absolute Gasteiger partial charge is 0.335 e. The molecule has 0 fully saturated rings. The Kier molecular flexibility index (Phi) is 3.90. The zero-order chi connectivity index (χ0) is 14.0. The van der Waals surface area contributed by atoms with Gasteiger partial charge in [0.2, 0.25) is 0 Å². The molecular weight excluding hydrogens is 242 g/mol. The van der Waals surface area contributed by atoms with Gasteiger partial charge >= 0.3 is 5.97 Å². The molecule has 0 aromatic heterocycles. The maximum Gasteiger partial charge on any atom is 0.335 e. The molecule has 1 aliphatic rings. The molecule has 2 N–H and O–H groups in total. The summed E-state index contributed by atoms with van der Waals surface area (Å²) in [6.07, 6.45) is 0.373. The Balaban J connectivity index is 2.21. The van der Waals surface area contributed by atoms with Gasteiger partial charge in [0.05, 0.1) is 12.1 Å². The summed E-state index contributed by atoms with van der Waals surface area (Å²) < 4.78 is 0. The van der Waals surface area contributed by atoms with Crippen molar-refractivity contribution in [2.45, 2.75) is 32.4 Å². The lowest BCUT2D eigenvalue weighted by molar-refractivity contribution is -0.133. The van der Waals surface area contributed by atoms with E-state index in [0.29, 0.717) is 13.0 Å². The van der Waals surface area contributed by atoms with Gasteiger partial charge in [0.15, 0.2) is 0 Å². The molecule has 2 atom stereocenters. The molecule has 1 heterocycles. The zero-order valence-corrected chi connectivity index (χ0v) is 11.2. The fourth-order valence-electron chi connectivity index (χ4n) is 2.61. The maximum atomic E-state index is 11.0. The van der Waals surface area contributed by atoms with Gasteiger partial charge in [-0.1, -0.05) is 30.3 Å². The molecule has 0 spiro atoms. The fraction of sp³-hybridized carbons (Fsp3) is 0.400. The third-order valence-electron chi connectivity index (χ3n) is 3.78. The monoisotopic (exact) mass is 261 g/mol. The van der Waals surface area contributed by atoms with Crippen LogP contribution in [0.5, 0.6) is 0 Å². The summed E-state index contributed by atoms with van der Waals surface area (Å²) in [5.74, 6) is -1.04. The van der Waals surface area contributed by atoms with Crippen LogP contribution in [0.25, 0.3) is 0 Å². The van der Waals surface area contributed by atoms with Crippen LogP contribution >= 0.6 is 0 Å². The molecule has 102 valence electrons. The lowest BCUT2D eigenvalue weighted by atomic mass is 9.96. The van der Waals surface area contributed by atoms with E-state index >= 15 is 0 Å². The Morgan fingerprint density at radius 1 is 1.37 bits per heavy atom. The molecule has 1 aliphatic heterocycles. The van der Waals surface area contributed by atoms with Gasteiger partial charge in [-0.25, -0.2) is 4.79 Å². The highest BCUT2D eigenvalue weighted by atomic mass is 16.4. The third-order valence-corrected chi connectivity index (χ3v) is 3.78. The number of carboxylic acids is 1. The Morgan fingerprint density at radius 2 is 2.00 bits per heavy atom. The van der Waals surface area contributed by atoms with Crippen molar-refractivity contribution in [1.82, 2.24) is 4.90 Å². The molecule has 4 heteroatoms. The van der Waals surface area contributed by atoms with E-state index in [4.69, 9.17) is 5.11 Å². The molecular formula is C15H19NO3. The van der Waals surface area contributed by atoms with E-state index in [1.165, 1.54) is 5.56 Å². The predicted octanol–water partition coefficient (Wildman–Crippen LogP) is 2.74. The Labute approximate surface area is 113 Å². The first kappa shape index (κ1) is 13.6. The number of nitrogens with zero attached hydrogens (tertiary/aromatic N) is 1.